The fraction of sp³-hybridized carbons (Fsp3) is 0.400. The predicted octanol–water partition coefficient (Wildman–Crippen LogP) is 3.54. The van der Waals surface area contributed by atoms with Crippen LogP contribution in [0.2, 0.25) is 0 Å². The van der Waals surface area contributed by atoms with Crippen LogP contribution in [0.1, 0.15) is 33.7 Å². The van der Waals surface area contributed by atoms with Crippen LogP contribution in [0.5, 0.6) is 0 Å². The molecule has 0 amide bonds. The maximum Gasteiger partial charge on any atom is 0.329 e. The molecule has 96 valence electrons. The Balaban J connectivity index is 2.28. The fourth-order valence-electron chi connectivity index (χ4n) is 1.94. The van der Waals surface area contributed by atoms with Gasteiger partial charge in [0.2, 0.25) is 0 Å². The lowest BCUT2D eigenvalue weighted by Gasteiger charge is -2.23. The molecule has 0 saturated carbocycles. The van der Waals surface area contributed by atoms with E-state index in [0.29, 0.717) is 0 Å². The Morgan fingerprint density at radius 2 is 1.89 bits per heavy atom. The van der Waals surface area contributed by atoms with E-state index in [2.05, 4.69) is 0 Å². The van der Waals surface area contributed by atoms with Crippen LogP contribution >= 0.6 is 0 Å². The van der Waals surface area contributed by atoms with Gasteiger partial charge in [-0.25, -0.2) is 4.79 Å². The molecule has 0 fully saturated rings. The Labute approximate surface area is 107 Å². The molecule has 1 unspecified atom stereocenters. The van der Waals surface area contributed by atoms with Crippen molar-refractivity contribution in [3.05, 3.63) is 36.5 Å². The first-order valence-corrected chi connectivity index (χ1v) is 6.17. The molecule has 0 aliphatic carbocycles. The van der Waals surface area contributed by atoms with Crippen molar-refractivity contribution in [3.8, 4) is 0 Å². The molecule has 3 heteroatoms. The number of carbonyl (C=O) groups excluding carboxylic acids is 1. The van der Waals surface area contributed by atoms with Gasteiger partial charge in [-0.2, -0.15) is 0 Å². The minimum atomic E-state index is -0.450. The van der Waals surface area contributed by atoms with Crippen LogP contribution in [0.15, 0.2) is 36.5 Å². The first kappa shape index (κ1) is 12.7. The highest BCUT2D eigenvalue weighted by atomic mass is 16.6. The van der Waals surface area contributed by atoms with Gasteiger partial charge in [-0.05, 0) is 45.2 Å². The highest BCUT2D eigenvalue weighted by molar-refractivity contribution is 5.83. The fourth-order valence-corrected chi connectivity index (χ4v) is 1.94. The van der Waals surface area contributed by atoms with Crippen molar-refractivity contribution in [1.29, 1.82) is 0 Å². The van der Waals surface area contributed by atoms with E-state index in [1.165, 1.54) is 0 Å². The zero-order valence-electron chi connectivity index (χ0n) is 11.3. The predicted molar refractivity (Wildman–Crippen MR) is 72.5 cm³/mol. The van der Waals surface area contributed by atoms with Crippen molar-refractivity contribution < 1.29 is 9.53 Å². The van der Waals surface area contributed by atoms with Crippen molar-refractivity contribution in [1.82, 2.24) is 4.57 Å². The van der Waals surface area contributed by atoms with Gasteiger partial charge in [0.25, 0.3) is 0 Å². The van der Waals surface area contributed by atoms with Crippen molar-refractivity contribution >= 4 is 16.9 Å². The molecule has 0 spiro atoms. The van der Waals surface area contributed by atoms with Crippen molar-refractivity contribution in [2.45, 2.75) is 39.3 Å². The lowest BCUT2D eigenvalue weighted by molar-refractivity contribution is -0.158. The molecule has 0 bridgehead atoms. The lowest BCUT2D eigenvalue weighted by Crippen LogP contribution is -2.28. The summed E-state index contributed by atoms with van der Waals surface area (Å²) < 4.78 is 7.36. The van der Waals surface area contributed by atoms with Gasteiger partial charge in [0, 0.05) is 11.7 Å². The third-order valence-corrected chi connectivity index (χ3v) is 2.79. The van der Waals surface area contributed by atoms with Gasteiger partial charge in [-0.3, -0.25) is 0 Å². The molecule has 2 rings (SSSR count). The van der Waals surface area contributed by atoms with Gasteiger partial charge >= 0.3 is 5.97 Å². The molecule has 1 atom stereocenters. The van der Waals surface area contributed by atoms with Gasteiger partial charge in [0.15, 0.2) is 0 Å². The van der Waals surface area contributed by atoms with E-state index in [9.17, 15) is 4.79 Å². The average Bonchev–Trinajstić information content (AvgIpc) is 2.69. The highest BCUT2D eigenvalue weighted by Crippen LogP contribution is 2.22. The first-order chi connectivity index (χ1) is 8.38. The van der Waals surface area contributed by atoms with Gasteiger partial charge < -0.3 is 9.30 Å². The number of aromatic nitrogens is 1. The summed E-state index contributed by atoms with van der Waals surface area (Å²) in [6.07, 6.45) is 1.93. The summed E-state index contributed by atoms with van der Waals surface area (Å²) in [7, 11) is 0. The van der Waals surface area contributed by atoms with E-state index in [1.54, 1.807) is 0 Å². The molecule has 0 N–H and O–H groups in total. The summed E-state index contributed by atoms with van der Waals surface area (Å²) in [4.78, 5) is 12.1. The van der Waals surface area contributed by atoms with Gasteiger partial charge in [0.05, 0.1) is 0 Å². The second-order valence-corrected chi connectivity index (χ2v) is 5.49. The lowest BCUT2D eigenvalue weighted by atomic mass is 10.2. The Hall–Kier alpha value is -1.77. The topological polar surface area (TPSA) is 31.2 Å². The van der Waals surface area contributed by atoms with Gasteiger partial charge in [-0.1, -0.05) is 18.2 Å². The van der Waals surface area contributed by atoms with Gasteiger partial charge in [0.1, 0.15) is 11.6 Å². The van der Waals surface area contributed by atoms with E-state index in [1.807, 2.05) is 68.8 Å². The van der Waals surface area contributed by atoms with E-state index in [0.717, 1.165) is 10.9 Å². The smallest absolute Gasteiger partial charge is 0.329 e. The number of nitrogens with zero attached hydrogens (tertiary/aromatic N) is 1. The van der Waals surface area contributed by atoms with Crippen LogP contribution < -0.4 is 0 Å². The van der Waals surface area contributed by atoms with Crippen molar-refractivity contribution in [2.75, 3.05) is 0 Å². The van der Waals surface area contributed by atoms with Crippen LogP contribution in [0.25, 0.3) is 10.9 Å². The van der Waals surface area contributed by atoms with Crippen LogP contribution in [0.4, 0.5) is 0 Å². The molecule has 0 aliphatic rings. The molecular formula is C15H19NO2. The number of fused-ring (bicyclic) bond motifs is 1. The molecule has 2 aromatic rings. The number of hydrogen-bond acceptors (Lipinski definition) is 2. The van der Waals surface area contributed by atoms with E-state index in [-0.39, 0.29) is 12.0 Å². The zero-order chi connectivity index (χ0) is 13.3. The van der Waals surface area contributed by atoms with Crippen LogP contribution in [-0.4, -0.2) is 16.1 Å². The van der Waals surface area contributed by atoms with Crippen molar-refractivity contribution in [2.24, 2.45) is 0 Å². The molecule has 18 heavy (non-hydrogen) atoms. The number of esters is 1. The molecular weight excluding hydrogens is 226 g/mol. The monoisotopic (exact) mass is 245 g/mol. The van der Waals surface area contributed by atoms with Crippen molar-refractivity contribution in [3.63, 3.8) is 0 Å². The Morgan fingerprint density at radius 1 is 1.22 bits per heavy atom. The molecule has 0 aliphatic heterocycles. The zero-order valence-corrected chi connectivity index (χ0v) is 11.3. The second-order valence-electron chi connectivity index (χ2n) is 5.49. The normalized spacial score (nSPS) is 13.6. The van der Waals surface area contributed by atoms with E-state index >= 15 is 0 Å². The minimum absolute atomic E-state index is 0.205. The largest absolute Gasteiger partial charge is 0.458 e. The quantitative estimate of drug-likeness (QED) is 0.758. The SMILES string of the molecule is CC(C(=O)OC(C)(C)C)n1ccc2ccccc21. The molecule has 3 nitrogen and oxygen atoms in total. The summed E-state index contributed by atoms with van der Waals surface area (Å²) in [5, 5.41) is 1.13. The highest BCUT2D eigenvalue weighted by Gasteiger charge is 2.23. The number of ether oxygens (including phenoxy) is 1. The molecule has 1 aromatic carbocycles. The minimum Gasteiger partial charge on any atom is -0.458 e. The molecule has 1 heterocycles. The number of carbonyl (C=O) groups is 1. The molecule has 0 radical (unpaired) electrons. The van der Waals surface area contributed by atoms with Crippen LogP contribution in [-0.2, 0) is 9.53 Å². The number of hydrogen-bond donors (Lipinski definition) is 0. The third kappa shape index (κ3) is 2.55. The number of rotatable bonds is 2. The molecule has 1 aromatic heterocycles. The number of benzene rings is 1. The average molecular weight is 245 g/mol. The Kier molecular flexibility index (Phi) is 3.16. The van der Waals surface area contributed by atoms with E-state index in [4.69, 9.17) is 4.74 Å². The Bertz CT molecular complexity index is 563. The van der Waals surface area contributed by atoms with Crippen LogP contribution in [0, 0.1) is 0 Å². The maximum absolute atomic E-state index is 12.1. The second kappa shape index (κ2) is 4.48. The summed E-state index contributed by atoms with van der Waals surface area (Å²) in [5.41, 5.74) is 0.602. The summed E-state index contributed by atoms with van der Waals surface area (Å²) in [5.74, 6) is -0.205. The first-order valence-electron chi connectivity index (χ1n) is 6.17. The summed E-state index contributed by atoms with van der Waals surface area (Å²) in [6, 6.07) is 9.70. The van der Waals surface area contributed by atoms with Crippen LogP contribution in [0.3, 0.4) is 0 Å². The molecule has 0 saturated heterocycles. The van der Waals surface area contributed by atoms with E-state index < -0.39 is 5.60 Å². The van der Waals surface area contributed by atoms with Gasteiger partial charge in [-0.15, -0.1) is 0 Å². The Morgan fingerprint density at radius 3 is 2.56 bits per heavy atom. The maximum atomic E-state index is 12.1. The summed E-state index contributed by atoms with van der Waals surface area (Å²) in [6.45, 7) is 7.50. The summed E-state index contributed by atoms with van der Waals surface area (Å²) >= 11 is 0. The number of para-hydroxylation sites is 1. The third-order valence-electron chi connectivity index (χ3n) is 2.79. The standard InChI is InChI=1S/C15H19NO2/c1-11(14(17)18-15(2,3)4)16-10-9-12-7-5-6-8-13(12)16/h5-11H,1-4H3.